The molecule has 2 heteroatoms. The Kier molecular flexibility index (Phi) is 5.51. The zero-order chi connectivity index (χ0) is 7.33. The zero-order valence-electron chi connectivity index (χ0n) is 7.03. The number of hydrogen-bond donors (Lipinski definition) is 0. The van der Waals surface area contributed by atoms with Crippen molar-refractivity contribution >= 4 is 25.9 Å². The Balaban J connectivity index is 3.07. The maximum atomic E-state index is 2.48. The third kappa shape index (κ3) is 9.15. The molecule has 0 aliphatic carbocycles. The second kappa shape index (κ2) is 4.89. The van der Waals surface area contributed by atoms with Gasteiger partial charge >= 0.3 is 66.3 Å². The van der Waals surface area contributed by atoms with Crippen LogP contribution in [0.2, 0.25) is 14.8 Å². The van der Waals surface area contributed by atoms with Crippen LogP contribution in [0.15, 0.2) is 0 Å². The van der Waals surface area contributed by atoms with Gasteiger partial charge in [0.2, 0.25) is 0 Å². The summed E-state index contributed by atoms with van der Waals surface area (Å²) in [4.78, 5) is 7.44. The van der Waals surface area contributed by atoms with E-state index < -0.39 is 17.0 Å². The second-order valence-electron chi connectivity index (χ2n) is 3.31. The Labute approximate surface area is 66.1 Å². The summed E-state index contributed by atoms with van der Waals surface area (Å²) in [5.41, 5.74) is 0. The van der Waals surface area contributed by atoms with Crippen molar-refractivity contribution in [3.05, 3.63) is 0 Å². The van der Waals surface area contributed by atoms with Crippen LogP contribution < -0.4 is 0 Å². The molecule has 0 aromatic heterocycles. The van der Waals surface area contributed by atoms with E-state index in [2.05, 4.69) is 30.7 Å². The zero-order valence-corrected chi connectivity index (χ0v) is 10.7. The van der Waals surface area contributed by atoms with Crippen molar-refractivity contribution in [1.82, 2.24) is 0 Å². The first-order chi connectivity index (χ1) is 4.06. The van der Waals surface area contributed by atoms with Crippen LogP contribution in [-0.2, 0) is 0 Å². The molecule has 0 aromatic carbocycles. The summed E-state index contributed by atoms with van der Waals surface area (Å²) >= 11 is -1.42. The molecule has 0 N–H and O–H groups in total. The van der Waals surface area contributed by atoms with Gasteiger partial charge in [0.15, 0.2) is 0 Å². The molecule has 0 amide bonds. The molecule has 0 heterocycles. The fourth-order valence-corrected chi connectivity index (χ4v) is 8.05. The van der Waals surface area contributed by atoms with Crippen LogP contribution in [0.1, 0.15) is 19.8 Å². The molecule has 0 nitrogen and oxygen atoms in total. The van der Waals surface area contributed by atoms with Gasteiger partial charge in [-0.15, -0.1) is 0 Å². The maximum absolute atomic E-state index is 2.48. The first-order valence-electron chi connectivity index (χ1n) is 3.70. The fourth-order valence-electron chi connectivity index (χ4n) is 0.523. The SMILES string of the molecule is CCCC[S][Sn]([CH3])([CH3])[CH3]. The monoisotopic (exact) mass is 254 g/mol. The van der Waals surface area contributed by atoms with Gasteiger partial charge in [-0.3, -0.25) is 0 Å². The van der Waals surface area contributed by atoms with Gasteiger partial charge in [0.25, 0.3) is 0 Å². The molecule has 0 aromatic rings. The average molecular weight is 253 g/mol. The third-order valence-electron chi connectivity index (χ3n) is 1.03. The topological polar surface area (TPSA) is 0 Å². The molecular weight excluding hydrogens is 235 g/mol. The normalized spacial score (nSPS) is 12.0. The van der Waals surface area contributed by atoms with E-state index in [1.165, 1.54) is 18.6 Å². The summed E-state index contributed by atoms with van der Waals surface area (Å²) in [5.74, 6) is 1.41. The van der Waals surface area contributed by atoms with E-state index in [4.69, 9.17) is 0 Å². The van der Waals surface area contributed by atoms with Gasteiger partial charge < -0.3 is 0 Å². The quantitative estimate of drug-likeness (QED) is 0.546. The van der Waals surface area contributed by atoms with Crippen LogP contribution in [0.4, 0.5) is 0 Å². The Morgan fingerprint density at radius 3 is 2.11 bits per heavy atom. The first-order valence-corrected chi connectivity index (χ1v) is 16.7. The Bertz CT molecular complexity index is 65.8. The van der Waals surface area contributed by atoms with E-state index in [0.717, 1.165) is 0 Å². The van der Waals surface area contributed by atoms with Gasteiger partial charge in [-0.1, -0.05) is 0 Å². The predicted molar refractivity (Wildman–Crippen MR) is 50.7 cm³/mol. The number of rotatable bonds is 4. The van der Waals surface area contributed by atoms with Crippen molar-refractivity contribution in [2.75, 3.05) is 5.75 Å². The summed E-state index contributed by atoms with van der Waals surface area (Å²) < 4.78 is 0. The van der Waals surface area contributed by atoms with Crippen LogP contribution >= 0.6 is 8.95 Å². The van der Waals surface area contributed by atoms with Crippen molar-refractivity contribution < 1.29 is 0 Å². The van der Waals surface area contributed by atoms with Crippen molar-refractivity contribution in [3.63, 3.8) is 0 Å². The van der Waals surface area contributed by atoms with E-state index in [1.54, 1.807) is 0 Å². The molecule has 0 bridgehead atoms. The average Bonchev–Trinajstić information content (AvgIpc) is 1.63. The summed E-state index contributed by atoms with van der Waals surface area (Å²) in [6, 6.07) is 0. The Morgan fingerprint density at radius 2 is 1.78 bits per heavy atom. The molecule has 56 valence electrons. The van der Waals surface area contributed by atoms with Gasteiger partial charge in [0.1, 0.15) is 0 Å². The first kappa shape index (κ1) is 10.1. The summed E-state index contributed by atoms with van der Waals surface area (Å²) in [5, 5.41) is 0. The minimum absolute atomic E-state index is 1.36. The molecule has 0 atom stereocenters. The van der Waals surface area contributed by atoms with Crippen LogP contribution in [0, 0.1) is 0 Å². The summed E-state index contributed by atoms with van der Waals surface area (Å²) in [6.45, 7) is 2.26. The van der Waals surface area contributed by atoms with Crippen molar-refractivity contribution in [1.29, 1.82) is 0 Å². The molecule has 0 aliphatic heterocycles. The molecule has 9 heavy (non-hydrogen) atoms. The van der Waals surface area contributed by atoms with E-state index in [1.807, 2.05) is 0 Å². The molecule has 0 aliphatic rings. The van der Waals surface area contributed by atoms with Gasteiger partial charge in [-0.25, -0.2) is 0 Å². The summed E-state index contributed by atoms with van der Waals surface area (Å²) in [7, 11) is 2.27. The Hall–Kier alpha value is 1.15. The van der Waals surface area contributed by atoms with Gasteiger partial charge in [0.05, 0.1) is 0 Å². The third-order valence-corrected chi connectivity index (χ3v) is 11.6. The molecular formula is C7H18SSn. The van der Waals surface area contributed by atoms with Crippen molar-refractivity contribution in [2.45, 2.75) is 34.6 Å². The van der Waals surface area contributed by atoms with Crippen LogP contribution in [-0.4, -0.2) is 22.7 Å². The molecule has 0 spiro atoms. The van der Waals surface area contributed by atoms with Crippen LogP contribution in [0.5, 0.6) is 0 Å². The van der Waals surface area contributed by atoms with Gasteiger partial charge in [-0.05, 0) is 0 Å². The fraction of sp³-hybridized carbons (Fsp3) is 1.00. The molecule has 0 saturated carbocycles. The number of hydrogen-bond acceptors (Lipinski definition) is 1. The molecule has 0 fully saturated rings. The van der Waals surface area contributed by atoms with E-state index in [-0.39, 0.29) is 0 Å². The Morgan fingerprint density at radius 1 is 1.22 bits per heavy atom. The van der Waals surface area contributed by atoms with E-state index in [9.17, 15) is 0 Å². The standard InChI is InChI=1S/C4H10S.3CH3.Sn/c1-2-3-4-5;;;;/h5H,2-4H2,1H3;3*1H3;/q;;;;+1/p-1. The minimum atomic E-state index is -1.42. The van der Waals surface area contributed by atoms with Gasteiger partial charge in [0, 0.05) is 0 Å². The second-order valence-corrected chi connectivity index (χ2v) is 26.8. The van der Waals surface area contributed by atoms with Crippen molar-refractivity contribution in [2.24, 2.45) is 0 Å². The van der Waals surface area contributed by atoms with E-state index in [0.29, 0.717) is 0 Å². The molecule has 0 radical (unpaired) electrons. The molecule has 0 rings (SSSR count). The van der Waals surface area contributed by atoms with Gasteiger partial charge in [-0.2, -0.15) is 0 Å². The van der Waals surface area contributed by atoms with Crippen LogP contribution in [0.3, 0.4) is 0 Å². The van der Waals surface area contributed by atoms with Crippen molar-refractivity contribution in [3.8, 4) is 0 Å². The summed E-state index contributed by atoms with van der Waals surface area (Å²) in [6.07, 6.45) is 2.77. The molecule has 0 saturated heterocycles. The predicted octanol–water partition coefficient (Wildman–Crippen LogP) is 3.35. The molecule has 0 unspecified atom stereocenters. The van der Waals surface area contributed by atoms with Crippen LogP contribution in [0.25, 0.3) is 0 Å². The van der Waals surface area contributed by atoms with E-state index >= 15 is 0 Å². The number of unbranched alkanes of at least 4 members (excludes halogenated alkanes) is 1.